The number of piperidine rings is 1. The summed E-state index contributed by atoms with van der Waals surface area (Å²) in [5.74, 6) is 0.383. The van der Waals surface area contributed by atoms with Gasteiger partial charge >= 0.3 is 0 Å². The Balaban J connectivity index is 1.57. The van der Waals surface area contributed by atoms with Gasteiger partial charge < -0.3 is 15.5 Å². The number of nitrogens with zero attached hydrogens (tertiary/aromatic N) is 1. The number of hydrogen-bond donors (Lipinski definition) is 2. The molecule has 1 fully saturated rings. The first-order valence-electron chi connectivity index (χ1n) is 7.96. The summed E-state index contributed by atoms with van der Waals surface area (Å²) in [5, 5.41) is 6.35. The third-order valence-corrected chi connectivity index (χ3v) is 3.98. The predicted molar refractivity (Wildman–Crippen MR) is 86.0 cm³/mol. The van der Waals surface area contributed by atoms with Crippen molar-refractivity contribution in [3.05, 3.63) is 35.9 Å². The highest BCUT2D eigenvalue weighted by Crippen LogP contribution is 2.09. The minimum atomic E-state index is 0.167. The molecule has 1 saturated heterocycles. The molecule has 1 aliphatic rings. The lowest BCUT2D eigenvalue weighted by molar-refractivity contribution is -0.125. The van der Waals surface area contributed by atoms with Crippen LogP contribution < -0.4 is 10.6 Å². The van der Waals surface area contributed by atoms with E-state index < -0.39 is 0 Å². The first kappa shape index (κ1) is 16.0. The Morgan fingerprint density at radius 2 is 2.19 bits per heavy atom. The minimum Gasteiger partial charge on any atom is -0.356 e. The van der Waals surface area contributed by atoms with Gasteiger partial charge in [-0.1, -0.05) is 30.3 Å². The van der Waals surface area contributed by atoms with Crippen LogP contribution in [0.4, 0.5) is 0 Å². The smallest absolute Gasteiger partial charge is 0.224 e. The molecule has 1 heterocycles. The predicted octanol–water partition coefficient (Wildman–Crippen LogP) is 1.62. The maximum Gasteiger partial charge on any atom is 0.224 e. The Bertz CT molecular complexity index is 415. The zero-order chi connectivity index (χ0) is 14.9. The summed E-state index contributed by atoms with van der Waals surface area (Å²) in [6.07, 6.45) is 3.12. The average molecular weight is 289 g/mol. The number of carbonyl (C=O) groups is 1. The third kappa shape index (κ3) is 5.86. The monoisotopic (exact) mass is 289 g/mol. The lowest BCUT2D eigenvalue weighted by Crippen LogP contribution is -2.41. The van der Waals surface area contributed by atoms with Gasteiger partial charge in [0.15, 0.2) is 0 Å². The number of carbonyl (C=O) groups excluding carboxylic acids is 1. The highest BCUT2D eigenvalue weighted by molar-refractivity contribution is 5.78. The molecule has 1 aromatic rings. The molecule has 1 aromatic carbocycles. The minimum absolute atomic E-state index is 0.167. The molecule has 1 unspecified atom stereocenters. The van der Waals surface area contributed by atoms with Crippen molar-refractivity contribution < 1.29 is 4.79 Å². The van der Waals surface area contributed by atoms with Crippen molar-refractivity contribution in [1.82, 2.24) is 15.5 Å². The van der Waals surface area contributed by atoms with Gasteiger partial charge in [-0.05, 0) is 45.0 Å². The highest BCUT2D eigenvalue weighted by atomic mass is 16.1. The van der Waals surface area contributed by atoms with Crippen LogP contribution in [0.15, 0.2) is 30.3 Å². The molecule has 0 aromatic heterocycles. The van der Waals surface area contributed by atoms with Gasteiger partial charge in [0.1, 0.15) is 0 Å². The van der Waals surface area contributed by atoms with Gasteiger partial charge in [0.05, 0.1) is 5.92 Å². The van der Waals surface area contributed by atoms with Gasteiger partial charge in [-0.3, -0.25) is 4.79 Å². The summed E-state index contributed by atoms with van der Waals surface area (Å²) in [6, 6.07) is 10.5. The van der Waals surface area contributed by atoms with E-state index in [0.717, 1.165) is 52.0 Å². The summed E-state index contributed by atoms with van der Waals surface area (Å²) in [6.45, 7) is 4.61. The number of amides is 1. The second kappa shape index (κ2) is 8.80. The Morgan fingerprint density at radius 3 is 2.90 bits per heavy atom. The molecule has 116 valence electrons. The molecule has 2 rings (SSSR count). The van der Waals surface area contributed by atoms with Crippen molar-refractivity contribution in [2.45, 2.75) is 25.8 Å². The number of rotatable bonds is 7. The van der Waals surface area contributed by atoms with Crippen molar-refractivity contribution in [1.29, 1.82) is 0 Å². The second-order valence-corrected chi connectivity index (χ2v) is 5.91. The molecule has 0 radical (unpaired) electrons. The lowest BCUT2D eigenvalue weighted by Gasteiger charge is -2.22. The van der Waals surface area contributed by atoms with Crippen LogP contribution in [0.2, 0.25) is 0 Å². The van der Waals surface area contributed by atoms with Crippen LogP contribution in [-0.4, -0.2) is 44.0 Å². The summed E-state index contributed by atoms with van der Waals surface area (Å²) < 4.78 is 0. The van der Waals surface area contributed by atoms with Crippen LogP contribution in [0.3, 0.4) is 0 Å². The molecule has 21 heavy (non-hydrogen) atoms. The van der Waals surface area contributed by atoms with Gasteiger partial charge in [0, 0.05) is 19.6 Å². The Morgan fingerprint density at radius 1 is 1.38 bits per heavy atom. The molecule has 2 N–H and O–H groups in total. The summed E-state index contributed by atoms with van der Waals surface area (Å²) in [5.41, 5.74) is 1.33. The van der Waals surface area contributed by atoms with E-state index in [1.165, 1.54) is 5.56 Å². The van der Waals surface area contributed by atoms with Gasteiger partial charge in [0.25, 0.3) is 0 Å². The lowest BCUT2D eigenvalue weighted by atomic mass is 9.99. The van der Waals surface area contributed by atoms with E-state index >= 15 is 0 Å². The highest BCUT2D eigenvalue weighted by Gasteiger charge is 2.19. The van der Waals surface area contributed by atoms with E-state index in [-0.39, 0.29) is 11.8 Å². The van der Waals surface area contributed by atoms with E-state index in [0.29, 0.717) is 0 Å². The Labute approximate surface area is 127 Å². The molecular formula is C17H27N3O. The van der Waals surface area contributed by atoms with Gasteiger partial charge in [-0.25, -0.2) is 0 Å². The van der Waals surface area contributed by atoms with Crippen LogP contribution >= 0.6 is 0 Å². The zero-order valence-electron chi connectivity index (χ0n) is 13.0. The van der Waals surface area contributed by atoms with Crippen molar-refractivity contribution in [2.75, 3.05) is 33.2 Å². The Kier molecular flexibility index (Phi) is 6.70. The fraction of sp³-hybridized carbons (Fsp3) is 0.588. The largest absolute Gasteiger partial charge is 0.356 e. The maximum absolute atomic E-state index is 12.0. The molecule has 1 amide bonds. The van der Waals surface area contributed by atoms with Crippen LogP contribution in [-0.2, 0) is 11.3 Å². The van der Waals surface area contributed by atoms with E-state index in [1.807, 2.05) is 6.07 Å². The normalized spacial score (nSPS) is 18.7. The summed E-state index contributed by atoms with van der Waals surface area (Å²) in [4.78, 5) is 14.3. The first-order chi connectivity index (χ1) is 10.3. The topological polar surface area (TPSA) is 44.4 Å². The molecule has 0 spiro atoms. The summed E-state index contributed by atoms with van der Waals surface area (Å²) in [7, 11) is 2.12. The number of nitrogens with one attached hydrogen (secondary N) is 2. The Hall–Kier alpha value is -1.39. The van der Waals surface area contributed by atoms with Gasteiger partial charge in [-0.15, -0.1) is 0 Å². The van der Waals surface area contributed by atoms with E-state index in [1.54, 1.807) is 0 Å². The molecule has 0 bridgehead atoms. The zero-order valence-corrected chi connectivity index (χ0v) is 13.0. The second-order valence-electron chi connectivity index (χ2n) is 5.91. The van der Waals surface area contributed by atoms with Crippen molar-refractivity contribution >= 4 is 5.91 Å². The van der Waals surface area contributed by atoms with Gasteiger partial charge in [0.2, 0.25) is 5.91 Å². The van der Waals surface area contributed by atoms with Crippen LogP contribution in [0.5, 0.6) is 0 Å². The SMILES string of the molecule is CN(CCCNC(=O)C1CCCNC1)Cc1ccccc1. The molecule has 1 atom stereocenters. The quantitative estimate of drug-likeness (QED) is 0.750. The van der Waals surface area contributed by atoms with Crippen LogP contribution in [0.25, 0.3) is 0 Å². The average Bonchev–Trinajstić information content (AvgIpc) is 2.53. The van der Waals surface area contributed by atoms with E-state index in [4.69, 9.17) is 0 Å². The number of benzene rings is 1. The fourth-order valence-electron chi connectivity index (χ4n) is 2.75. The molecule has 0 saturated carbocycles. The molecule has 0 aliphatic carbocycles. The number of hydrogen-bond acceptors (Lipinski definition) is 3. The van der Waals surface area contributed by atoms with Crippen molar-refractivity contribution in [3.63, 3.8) is 0 Å². The molecule has 4 heteroatoms. The maximum atomic E-state index is 12.0. The first-order valence-corrected chi connectivity index (χ1v) is 7.96. The van der Waals surface area contributed by atoms with Crippen molar-refractivity contribution in [2.24, 2.45) is 5.92 Å². The van der Waals surface area contributed by atoms with Gasteiger partial charge in [-0.2, -0.15) is 0 Å². The molecule has 1 aliphatic heterocycles. The summed E-state index contributed by atoms with van der Waals surface area (Å²) >= 11 is 0. The van der Waals surface area contributed by atoms with Crippen LogP contribution in [0, 0.1) is 5.92 Å². The molecular weight excluding hydrogens is 262 g/mol. The van der Waals surface area contributed by atoms with E-state index in [9.17, 15) is 4.79 Å². The third-order valence-electron chi connectivity index (χ3n) is 3.98. The molecule has 4 nitrogen and oxygen atoms in total. The van der Waals surface area contributed by atoms with Crippen LogP contribution in [0.1, 0.15) is 24.8 Å². The van der Waals surface area contributed by atoms with E-state index in [2.05, 4.69) is 46.8 Å². The fourth-order valence-corrected chi connectivity index (χ4v) is 2.75. The standard InChI is InChI=1S/C17H27N3O/c1-20(14-15-7-3-2-4-8-15)12-6-11-19-17(21)16-9-5-10-18-13-16/h2-4,7-8,16,18H,5-6,9-14H2,1H3,(H,19,21). The van der Waals surface area contributed by atoms with Crippen molar-refractivity contribution in [3.8, 4) is 0 Å².